The number of amides is 2. The van der Waals surface area contributed by atoms with E-state index in [1.54, 1.807) is 13.8 Å². The number of carbonyl (C=O) groups is 2. The van der Waals surface area contributed by atoms with Gasteiger partial charge in [-0.25, -0.2) is 9.59 Å². The van der Waals surface area contributed by atoms with Crippen LogP contribution in [0.2, 0.25) is 0 Å². The summed E-state index contributed by atoms with van der Waals surface area (Å²) in [7, 11) is -9.09. The molecule has 2 fully saturated rings. The van der Waals surface area contributed by atoms with Gasteiger partial charge in [-0.05, 0) is 56.9 Å². The van der Waals surface area contributed by atoms with Crippen LogP contribution in [0.3, 0.4) is 0 Å². The summed E-state index contributed by atoms with van der Waals surface area (Å²) in [5.41, 5.74) is -1.54. The van der Waals surface area contributed by atoms with Gasteiger partial charge in [0.25, 0.3) is 0 Å². The SMILES string of the molecule is CC(=O)Nc1ccn([C@@H]2O[C@H](C(O)CCC(CCNC(=O)OCc3ccc(P(=O)(O)O)cc3)P(=O)(O)O)[C@H]3OC(C)(C)O[C@H]32)c(=O)n1. The third-order valence-corrected chi connectivity index (χ3v) is 9.95. The summed E-state index contributed by atoms with van der Waals surface area (Å²) in [6.07, 6.45) is -5.06. The fraction of sp³-hybridized carbons (Fsp3) is 0.556. The van der Waals surface area contributed by atoms with Crippen molar-refractivity contribution in [3.05, 3.63) is 52.6 Å². The van der Waals surface area contributed by atoms with Gasteiger partial charge in [-0.15, -0.1) is 0 Å². The average molecular weight is 705 g/mol. The molecule has 2 aliphatic rings. The lowest BCUT2D eigenvalue weighted by Crippen LogP contribution is -2.39. The number of benzene rings is 1. The Kier molecular flexibility index (Phi) is 11.4. The molecule has 1 aromatic carbocycles. The van der Waals surface area contributed by atoms with Gasteiger partial charge >= 0.3 is 27.0 Å². The largest absolute Gasteiger partial charge is 0.445 e. The number of fused-ring (bicyclic) bond motifs is 1. The number of aliphatic hydroxyl groups excluding tert-OH is 1. The Hall–Kier alpha value is -3.02. The second-order valence-electron chi connectivity index (χ2n) is 11.6. The lowest BCUT2D eigenvalue weighted by molar-refractivity contribution is -0.208. The average Bonchev–Trinajstić information content (AvgIpc) is 3.45. The zero-order valence-corrected chi connectivity index (χ0v) is 27.5. The standard InChI is InChI=1S/C27H38N4O14P2/c1-15(32)29-20-11-13-31(25(34)30-20)24-23-22(44-27(2,3)45-23)21(43-24)19(33)9-8-18(47(39,40)41)10-12-28-26(35)42-14-16-4-6-17(7-5-16)46(36,37)38/h4-7,11,13,18-19,21-24,33H,8-10,12,14H2,1-3H3,(H,28,35)(H2,36,37,38)(H2,39,40,41)(H,29,30,32,34)/t18?,19?,21-,22-,23-,24-/m1/s1. The van der Waals surface area contributed by atoms with Crippen LogP contribution < -0.4 is 21.6 Å². The lowest BCUT2D eigenvalue weighted by atomic mass is 10.0. The molecule has 47 heavy (non-hydrogen) atoms. The van der Waals surface area contributed by atoms with E-state index in [-0.39, 0.29) is 43.5 Å². The van der Waals surface area contributed by atoms with Crippen molar-refractivity contribution in [3.8, 4) is 0 Å². The van der Waals surface area contributed by atoms with Crippen LogP contribution in [0.25, 0.3) is 0 Å². The van der Waals surface area contributed by atoms with E-state index in [1.807, 2.05) is 0 Å². The topological polar surface area (TPSA) is 265 Å². The smallest absolute Gasteiger partial charge is 0.407 e. The Balaban J connectivity index is 1.33. The maximum absolute atomic E-state index is 12.8. The minimum atomic E-state index is -4.68. The number of carbonyl (C=O) groups excluding carboxylic acids is 2. The van der Waals surface area contributed by atoms with Gasteiger partial charge in [-0.3, -0.25) is 18.5 Å². The molecule has 20 heteroatoms. The molecule has 0 spiro atoms. The zero-order chi connectivity index (χ0) is 34.7. The molecule has 7 N–H and O–H groups in total. The van der Waals surface area contributed by atoms with Gasteiger partial charge in [0.15, 0.2) is 12.0 Å². The van der Waals surface area contributed by atoms with E-state index in [1.165, 1.54) is 43.5 Å². The number of anilines is 1. The molecule has 2 unspecified atom stereocenters. The fourth-order valence-electron chi connectivity index (χ4n) is 5.33. The lowest BCUT2D eigenvalue weighted by Gasteiger charge is -2.28. The van der Waals surface area contributed by atoms with Gasteiger partial charge in [-0.2, -0.15) is 4.98 Å². The molecule has 3 heterocycles. The first kappa shape index (κ1) is 36.8. The molecular formula is C27H38N4O14P2. The minimum absolute atomic E-state index is 0.0374. The first-order valence-electron chi connectivity index (χ1n) is 14.5. The van der Waals surface area contributed by atoms with Crippen LogP contribution in [0.1, 0.15) is 51.8 Å². The molecule has 0 bridgehead atoms. The Morgan fingerprint density at radius 3 is 2.30 bits per heavy atom. The van der Waals surface area contributed by atoms with E-state index in [9.17, 15) is 48.2 Å². The summed E-state index contributed by atoms with van der Waals surface area (Å²) in [6, 6.07) is 6.59. The molecule has 4 rings (SSSR count). The van der Waals surface area contributed by atoms with E-state index < -0.39 is 75.0 Å². The van der Waals surface area contributed by atoms with Crippen LogP contribution in [-0.4, -0.2) is 88.6 Å². The third kappa shape index (κ3) is 9.76. The summed E-state index contributed by atoms with van der Waals surface area (Å²) in [6.45, 7) is 4.19. The minimum Gasteiger partial charge on any atom is -0.445 e. The first-order valence-corrected chi connectivity index (χ1v) is 17.8. The number of aromatic nitrogens is 2. The van der Waals surface area contributed by atoms with Gasteiger partial charge in [-0.1, -0.05) is 12.1 Å². The van der Waals surface area contributed by atoms with Crippen molar-refractivity contribution < 1.29 is 62.3 Å². The molecule has 1 aromatic heterocycles. The molecule has 2 amide bonds. The molecule has 0 aliphatic carbocycles. The summed E-state index contributed by atoms with van der Waals surface area (Å²) in [5.74, 6) is -1.47. The first-order chi connectivity index (χ1) is 21.8. The number of aliphatic hydroxyl groups is 1. The maximum Gasteiger partial charge on any atom is 0.407 e. The Labute approximate surface area is 268 Å². The van der Waals surface area contributed by atoms with E-state index in [2.05, 4.69) is 15.6 Å². The molecule has 2 aromatic rings. The van der Waals surface area contributed by atoms with Gasteiger partial charge < -0.3 is 54.3 Å². The molecule has 2 saturated heterocycles. The van der Waals surface area contributed by atoms with Crippen molar-refractivity contribution in [1.82, 2.24) is 14.9 Å². The third-order valence-electron chi connectivity index (χ3n) is 7.51. The highest BCUT2D eigenvalue weighted by atomic mass is 31.2. The number of nitrogens with one attached hydrogen (secondary N) is 2. The van der Waals surface area contributed by atoms with Gasteiger partial charge in [0.05, 0.1) is 17.1 Å². The molecule has 2 aliphatic heterocycles. The summed E-state index contributed by atoms with van der Waals surface area (Å²) >= 11 is 0. The van der Waals surface area contributed by atoms with E-state index in [0.717, 1.165) is 4.57 Å². The molecule has 260 valence electrons. The highest BCUT2D eigenvalue weighted by molar-refractivity contribution is 7.60. The molecule has 6 atom stereocenters. The van der Waals surface area contributed by atoms with Crippen molar-refractivity contribution in [1.29, 1.82) is 0 Å². The van der Waals surface area contributed by atoms with Crippen LogP contribution in [0, 0.1) is 0 Å². The van der Waals surface area contributed by atoms with Crippen LogP contribution in [0.5, 0.6) is 0 Å². The maximum atomic E-state index is 12.8. The summed E-state index contributed by atoms with van der Waals surface area (Å²) in [5, 5.41) is 15.7. The highest BCUT2D eigenvalue weighted by Crippen LogP contribution is 2.47. The van der Waals surface area contributed by atoms with Crippen LogP contribution in [-0.2, 0) is 39.5 Å². The van der Waals surface area contributed by atoms with Crippen LogP contribution in [0.15, 0.2) is 41.3 Å². The summed E-state index contributed by atoms with van der Waals surface area (Å²) < 4.78 is 47.7. The molecule has 0 radical (unpaired) electrons. The second kappa shape index (κ2) is 14.6. The van der Waals surface area contributed by atoms with Gasteiger partial charge in [0.2, 0.25) is 5.91 Å². The predicted molar refractivity (Wildman–Crippen MR) is 163 cm³/mol. The number of rotatable bonds is 13. The van der Waals surface area contributed by atoms with Crippen molar-refractivity contribution in [3.63, 3.8) is 0 Å². The van der Waals surface area contributed by atoms with Crippen molar-refractivity contribution in [2.45, 2.75) is 88.7 Å². The Morgan fingerprint density at radius 1 is 1.04 bits per heavy atom. The molecule has 18 nitrogen and oxygen atoms in total. The Bertz CT molecular complexity index is 1590. The molecular weight excluding hydrogens is 666 g/mol. The van der Waals surface area contributed by atoms with Crippen molar-refractivity contribution in [2.75, 3.05) is 11.9 Å². The van der Waals surface area contributed by atoms with Crippen molar-refractivity contribution >= 4 is 38.3 Å². The fourth-order valence-corrected chi connectivity index (χ4v) is 6.82. The normalized spacial score (nSPS) is 23.5. The molecule has 0 saturated carbocycles. The number of ether oxygens (including phenoxy) is 4. The number of nitrogens with zero attached hydrogens (tertiary/aromatic N) is 2. The summed E-state index contributed by atoms with van der Waals surface area (Å²) in [4.78, 5) is 78.3. The highest BCUT2D eigenvalue weighted by Gasteiger charge is 2.57. The number of alkyl carbamates (subject to hydrolysis) is 1. The van der Waals surface area contributed by atoms with Crippen molar-refractivity contribution in [2.24, 2.45) is 0 Å². The van der Waals surface area contributed by atoms with E-state index >= 15 is 0 Å². The van der Waals surface area contributed by atoms with Crippen LogP contribution in [0.4, 0.5) is 10.6 Å². The van der Waals surface area contributed by atoms with Gasteiger partial charge in [0.1, 0.15) is 30.7 Å². The second-order valence-corrected chi connectivity index (χ2v) is 15.1. The van der Waals surface area contributed by atoms with Gasteiger partial charge in [0, 0.05) is 19.7 Å². The zero-order valence-electron chi connectivity index (χ0n) is 25.7. The van der Waals surface area contributed by atoms with Crippen LogP contribution >= 0.6 is 15.2 Å². The quantitative estimate of drug-likeness (QED) is 0.139. The Morgan fingerprint density at radius 2 is 1.70 bits per heavy atom. The predicted octanol–water partition coefficient (Wildman–Crippen LogP) is 0.426. The number of hydrogen-bond donors (Lipinski definition) is 7. The van der Waals surface area contributed by atoms with E-state index in [0.29, 0.717) is 5.56 Å². The van der Waals surface area contributed by atoms with E-state index in [4.69, 9.17) is 18.9 Å². The number of hydrogen-bond acceptors (Lipinski definition) is 11. The monoisotopic (exact) mass is 704 g/mol.